The molecule has 1 saturated carbocycles. The van der Waals surface area contributed by atoms with Gasteiger partial charge in [-0.3, -0.25) is 5.32 Å². The summed E-state index contributed by atoms with van der Waals surface area (Å²) in [7, 11) is 0. The van der Waals surface area contributed by atoms with Crippen LogP contribution in [0.4, 0.5) is 16.3 Å². The Morgan fingerprint density at radius 1 is 1.08 bits per heavy atom. The maximum atomic E-state index is 12.5. The fourth-order valence-corrected chi connectivity index (χ4v) is 3.15. The van der Waals surface area contributed by atoms with Gasteiger partial charge in [0.2, 0.25) is 0 Å². The van der Waals surface area contributed by atoms with Gasteiger partial charge in [0.05, 0.1) is 11.4 Å². The van der Waals surface area contributed by atoms with Gasteiger partial charge in [-0.2, -0.15) is 5.10 Å². The Morgan fingerprint density at radius 3 is 2.46 bits per heavy atom. The second kappa shape index (κ2) is 6.67. The van der Waals surface area contributed by atoms with Crippen molar-refractivity contribution in [3.8, 4) is 5.69 Å². The lowest BCUT2D eigenvalue weighted by atomic mass is 10.2. The minimum atomic E-state index is -0.272. The van der Waals surface area contributed by atoms with E-state index in [1.807, 2.05) is 67.6 Å². The van der Waals surface area contributed by atoms with Gasteiger partial charge in [0.25, 0.3) is 0 Å². The summed E-state index contributed by atoms with van der Waals surface area (Å²) in [6.07, 6.45) is 1.15. The molecule has 0 radical (unpaired) electrons. The van der Waals surface area contributed by atoms with Gasteiger partial charge in [0, 0.05) is 17.7 Å². The number of hydrogen-bond donors (Lipinski definition) is 2. The molecule has 5 heteroatoms. The van der Waals surface area contributed by atoms with E-state index in [0.717, 1.165) is 29.1 Å². The maximum Gasteiger partial charge on any atom is 0.324 e. The molecule has 1 fully saturated rings. The molecule has 1 aromatic heterocycles. The predicted octanol–water partition coefficient (Wildman–Crippen LogP) is 4.95. The molecule has 2 N–H and O–H groups in total. The van der Waals surface area contributed by atoms with E-state index in [9.17, 15) is 4.79 Å². The van der Waals surface area contributed by atoms with Crippen molar-refractivity contribution >= 4 is 17.5 Å². The summed E-state index contributed by atoms with van der Waals surface area (Å²) in [5.41, 5.74) is 3.78. The lowest BCUT2D eigenvalue weighted by Gasteiger charge is -2.11. The van der Waals surface area contributed by atoms with Crippen LogP contribution in [0.3, 0.4) is 0 Å². The van der Waals surface area contributed by atoms with E-state index >= 15 is 0 Å². The Bertz CT molecular complexity index is 932. The van der Waals surface area contributed by atoms with Crippen molar-refractivity contribution in [2.24, 2.45) is 5.92 Å². The second-order valence-electron chi connectivity index (χ2n) is 6.92. The first-order chi connectivity index (χ1) is 12.6. The average molecular weight is 346 g/mol. The summed E-state index contributed by atoms with van der Waals surface area (Å²) in [5, 5.41) is 10.6. The fourth-order valence-electron chi connectivity index (χ4n) is 3.15. The largest absolute Gasteiger partial charge is 0.324 e. The molecular weight excluding hydrogens is 324 g/mol. The number of carbonyl (C=O) groups excluding carboxylic acids is 1. The number of hydrogen-bond acceptors (Lipinski definition) is 2. The Kier molecular flexibility index (Phi) is 4.21. The molecule has 132 valence electrons. The highest BCUT2D eigenvalue weighted by Crippen LogP contribution is 2.47. The number of benzene rings is 2. The van der Waals surface area contributed by atoms with E-state index in [0.29, 0.717) is 17.7 Å². The zero-order valence-electron chi connectivity index (χ0n) is 14.9. The van der Waals surface area contributed by atoms with Gasteiger partial charge in [-0.15, -0.1) is 0 Å². The van der Waals surface area contributed by atoms with Crippen LogP contribution in [0, 0.1) is 12.8 Å². The lowest BCUT2D eigenvalue weighted by molar-refractivity contribution is 0.262. The van der Waals surface area contributed by atoms with Crippen molar-refractivity contribution in [3.63, 3.8) is 0 Å². The molecule has 2 aromatic carbocycles. The quantitative estimate of drug-likeness (QED) is 0.702. The molecule has 4 rings (SSSR count). The third kappa shape index (κ3) is 3.33. The zero-order chi connectivity index (χ0) is 18.1. The van der Waals surface area contributed by atoms with Crippen molar-refractivity contribution in [1.82, 2.24) is 9.78 Å². The standard InChI is InChI=1S/C21H22N4O/c1-14-8-6-7-11-18(14)22-21(26)23-20-13-19(17-12-15(17)2)24-25(20)16-9-4-3-5-10-16/h3-11,13,15,17H,12H2,1-2H3,(H2,22,23,26). The van der Waals surface area contributed by atoms with Crippen LogP contribution in [-0.2, 0) is 0 Å². The van der Waals surface area contributed by atoms with E-state index in [1.165, 1.54) is 0 Å². The first kappa shape index (κ1) is 16.4. The van der Waals surface area contributed by atoms with Crippen LogP contribution in [0.2, 0.25) is 0 Å². The summed E-state index contributed by atoms with van der Waals surface area (Å²) >= 11 is 0. The molecular formula is C21H22N4O. The van der Waals surface area contributed by atoms with Crippen molar-refractivity contribution in [2.75, 3.05) is 10.6 Å². The maximum absolute atomic E-state index is 12.5. The minimum absolute atomic E-state index is 0.272. The van der Waals surface area contributed by atoms with E-state index in [-0.39, 0.29) is 6.03 Å². The fraction of sp³-hybridized carbons (Fsp3) is 0.238. The van der Waals surface area contributed by atoms with Gasteiger partial charge in [-0.25, -0.2) is 9.48 Å². The van der Waals surface area contributed by atoms with Crippen LogP contribution in [0.25, 0.3) is 5.69 Å². The molecule has 1 aliphatic rings. The van der Waals surface area contributed by atoms with E-state index in [4.69, 9.17) is 5.10 Å². The number of anilines is 2. The number of para-hydroxylation sites is 2. The Labute approximate surface area is 153 Å². The average Bonchev–Trinajstić information content (AvgIpc) is 3.23. The smallest absolute Gasteiger partial charge is 0.307 e. The molecule has 0 spiro atoms. The van der Waals surface area contributed by atoms with Gasteiger partial charge in [0.15, 0.2) is 0 Å². The van der Waals surface area contributed by atoms with Gasteiger partial charge < -0.3 is 5.32 Å². The summed E-state index contributed by atoms with van der Waals surface area (Å²) in [5.74, 6) is 1.82. The van der Waals surface area contributed by atoms with E-state index in [2.05, 4.69) is 17.6 Å². The number of nitrogens with zero attached hydrogens (tertiary/aromatic N) is 2. The van der Waals surface area contributed by atoms with Gasteiger partial charge >= 0.3 is 6.03 Å². The molecule has 0 bridgehead atoms. The molecule has 0 aliphatic heterocycles. The van der Waals surface area contributed by atoms with E-state index in [1.54, 1.807) is 4.68 Å². The summed E-state index contributed by atoms with van der Waals surface area (Å²) in [6, 6.07) is 19.3. The van der Waals surface area contributed by atoms with Crippen molar-refractivity contribution in [1.29, 1.82) is 0 Å². The number of aromatic nitrogens is 2. The van der Waals surface area contributed by atoms with Gasteiger partial charge in [-0.05, 0) is 43.0 Å². The first-order valence-corrected chi connectivity index (χ1v) is 8.91. The first-order valence-electron chi connectivity index (χ1n) is 8.91. The molecule has 3 aromatic rings. The molecule has 26 heavy (non-hydrogen) atoms. The summed E-state index contributed by atoms with van der Waals surface area (Å²) < 4.78 is 1.80. The third-order valence-electron chi connectivity index (χ3n) is 4.85. The van der Waals surface area contributed by atoms with E-state index < -0.39 is 0 Å². The number of nitrogens with one attached hydrogen (secondary N) is 2. The SMILES string of the molecule is Cc1ccccc1NC(=O)Nc1cc(C2CC2C)nn1-c1ccccc1. The Balaban J connectivity index is 1.59. The molecule has 2 amide bonds. The Morgan fingerprint density at radius 2 is 1.77 bits per heavy atom. The second-order valence-corrected chi connectivity index (χ2v) is 6.92. The van der Waals surface area contributed by atoms with Gasteiger partial charge in [0.1, 0.15) is 5.82 Å². The highest BCUT2D eigenvalue weighted by atomic mass is 16.2. The van der Waals surface area contributed by atoms with Crippen LogP contribution < -0.4 is 10.6 Å². The van der Waals surface area contributed by atoms with Crippen LogP contribution in [-0.4, -0.2) is 15.8 Å². The molecule has 1 heterocycles. The lowest BCUT2D eigenvalue weighted by Crippen LogP contribution is -2.21. The normalized spacial score (nSPS) is 18.4. The van der Waals surface area contributed by atoms with Crippen LogP contribution in [0.15, 0.2) is 60.7 Å². The Hall–Kier alpha value is -3.08. The summed E-state index contributed by atoms with van der Waals surface area (Å²) in [6.45, 7) is 4.20. The monoisotopic (exact) mass is 346 g/mol. The van der Waals surface area contributed by atoms with Crippen molar-refractivity contribution in [3.05, 3.63) is 71.9 Å². The molecule has 2 atom stereocenters. The van der Waals surface area contributed by atoms with Gasteiger partial charge in [-0.1, -0.05) is 43.3 Å². The minimum Gasteiger partial charge on any atom is -0.307 e. The van der Waals surface area contributed by atoms with Crippen LogP contribution in [0.1, 0.15) is 30.5 Å². The number of urea groups is 1. The summed E-state index contributed by atoms with van der Waals surface area (Å²) in [4.78, 5) is 12.5. The number of amides is 2. The topological polar surface area (TPSA) is 59.0 Å². The van der Waals surface area contributed by atoms with Crippen molar-refractivity contribution < 1.29 is 4.79 Å². The van der Waals surface area contributed by atoms with Crippen LogP contribution >= 0.6 is 0 Å². The number of aryl methyl sites for hydroxylation is 1. The number of rotatable bonds is 4. The molecule has 2 unspecified atom stereocenters. The third-order valence-corrected chi connectivity index (χ3v) is 4.85. The molecule has 0 saturated heterocycles. The zero-order valence-corrected chi connectivity index (χ0v) is 14.9. The highest BCUT2D eigenvalue weighted by Gasteiger charge is 2.36. The molecule has 1 aliphatic carbocycles. The highest BCUT2D eigenvalue weighted by molar-refractivity contribution is 5.99. The van der Waals surface area contributed by atoms with Crippen molar-refractivity contribution in [2.45, 2.75) is 26.2 Å². The van der Waals surface area contributed by atoms with Crippen LogP contribution in [0.5, 0.6) is 0 Å². The molecule has 5 nitrogen and oxygen atoms in total. The predicted molar refractivity (Wildman–Crippen MR) is 104 cm³/mol. The number of carbonyl (C=O) groups is 1.